The number of benzene rings is 2. The summed E-state index contributed by atoms with van der Waals surface area (Å²) in [4.78, 5) is 12.3. The number of anilines is 1. The first kappa shape index (κ1) is 16.8. The third-order valence-electron chi connectivity index (χ3n) is 4.13. The Bertz CT molecular complexity index is 682. The molecule has 0 unspecified atom stereocenters. The van der Waals surface area contributed by atoms with Crippen LogP contribution in [0.5, 0.6) is 5.75 Å². The highest BCUT2D eigenvalue weighted by atomic mass is 35.5. The first-order valence-electron chi connectivity index (χ1n) is 8.19. The van der Waals surface area contributed by atoms with E-state index >= 15 is 0 Å². The molecular formula is C19H21ClN2O2. The maximum absolute atomic E-state index is 12.3. The molecule has 2 aromatic rings. The van der Waals surface area contributed by atoms with E-state index < -0.39 is 0 Å². The van der Waals surface area contributed by atoms with E-state index in [1.807, 2.05) is 48.5 Å². The van der Waals surface area contributed by atoms with Gasteiger partial charge in [0.1, 0.15) is 12.4 Å². The molecule has 24 heavy (non-hydrogen) atoms. The average Bonchev–Trinajstić information content (AvgIpc) is 2.62. The van der Waals surface area contributed by atoms with Gasteiger partial charge < -0.3 is 15.4 Å². The number of rotatable bonds is 5. The fourth-order valence-electron chi connectivity index (χ4n) is 2.74. The maximum Gasteiger partial charge on any atom is 0.227 e. The zero-order valence-corrected chi connectivity index (χ0v) is 14.2. The van der Waals surface area contributed by atoms with E-state index in [9.17, 15) is 4.79 Å². The molecule has 1 saturated heterocycles. The number of carbonyl (C=O) groups excluding carboxylic acids is 1. The smallest absolute Gasteiger partial charge is 0.227 e. The highest BCUT2D eigenvalue weighted by molar-refractivity contribution is 6.30. The number of piperidine rings is 1. The Hall–Kier alpha value is -2.04. The predicted molar refractivity (Wildman–Crippen MR) is 96.4 cm³/mol. The van der Waals surface area contributed by atoms with Crippen LogP contribution in [0.15, 0.2) is 48.5 Å². The summed E-state index contributed by atoms with van der Waals surface area (Å²) in [6.45, 7) is 2.27. The van der Waals surface area contributed by atoms with Crippen molar-refractivity contribution in [3.63, 3.8) is 0 Å². The van der Waals surface area contributed by atoms with Gasteiger partial charge in [0.25, 0.3) is 0 Å². The van der Waals surface area contributed by atoms with Gasteiger partial charge in [0, 0.05) is 22.7 Å². The molecule has 1 aliphatic rings. The number of hydrogen-bond donors (Lipinski definition) is 2. The standard InChI is InChI=1S/C19H21ClN2O2/c20-16-6-4-14(5-7-16)13-24-18-3-1-2-17(12-18)22-19(23)15-8-10-21-11-9-15/h1-7,12,15,21H,8-11,13H2,(H,22,23). The van der Waals surface area contributed by atoms with E-state index in [1.165, 1.54) is 0 Å². The molecule has 1 fully saturated rings. The van der Waals surface area contributed by atoms with Crippen LogP contribution in [0.1, 0.15) is 18.4 Å². The summed E-state index contributed by atoms with van der Waals surface area (Å²) in [6, 6.07) is 15.1. The molecule has 0 atom stereocenters. The molecule has 0 radical (unpaired) electrons. The lowest BCUT2D eigenvalue weighted by Crippen LogP contribution is -2.34. The summed E-state index contributed by atoms with van der Waals surface area (Å²) < 4.78 is 5.80. The van der Waals surface area contributed by atoms with Gasteiger partial charge in [0.05, 0.1) is 0 Å². The molecule has 1 heterocycles. The van der Waals surface area contributed by atoms with Crippen molar-refractivity contribution in [1.82, 2.24) is 5.32 Å². The van der Waals surface area contributed by atoms with Crippen molar-refractivity contribution in [2.45, 2.75) is 19.4 Å². The summed E-state index contributed by atoms with van der Waals surface area (Å²) in [7, 11) is 0. The molecule has 2 aromatic carbocycles. The van der Waals surface area contributed by atoms with Gasteiger partial charge in [-0.15, -0.1) is 0 Å². The largest absolute Gasteiger partial charge is 0.489 e. The second-order valence-corrected chi connectivity index (χ2v) is 6.39. The van der Waals surface area contributed by atoms with Crippen molar-refractivity contribution in [1.29, 1.82) is 0 Å². The van der Waals surface area contributed by atoms with Crippen LogP contribution in [0.25, 0.3) is 0 Å². The molecule has 0 saturated carbocycles. The van der Waals surface area contributed by atoms with Crippen LogP contribution in [-0.4, -0.2) is 19.0 Å². The molecule has 0 bridgehead atoms. The molecule has 3 rings (SSSR count). The van der Waals surface area contributed by atoms with Crippen LogP contribution in [0.2, 0.25) is 5.02 Å². The van der Waals surface area contributed by atoms with E-state index in [2.05, 4.69) is 10.6 Å². The van der Waals surface area contributed by atoms with E-state index in [1.54, 1.807) is 0 Å². The third kappa shape index (κ3) is 4.73. The Balaban J connectivity index is 1.57. The summed E-state index contributed by atoms with van der Waals surface area (Å²) in [5.41, 5.74) is 1.82. The highest BCUT2D eigenvalue weighted by Gasteiger charge is 2.20. The Morgan fingerprint density at radius 2 is 1.92 bits per heavy atom. The van der Waals surface area contributed by atoms with Crippen LogP contribution in [0, 0.1) is 5.92 Å². The second kappa shape index (κ2) is 8.18. The predicted octanol–water partition coefficient (Wildman–Crippen LogP) is 3.86. The normalized spacial score (nSPS) is 15.0. The molecule has 1 aliphatic heterocycles. The van der Waals surface area contributed by atoms with Gasteiger partial charge in [0.2, 0.25) is 5.91 Å². The summed E-state index contributed by atoms with van der Waals surface area (Å²) >= 11 is 5.88. The number of amides is 1. The highest BCUT2D eigenvalue weighted by Crippen LogP contribution is 2.21. The van der Waals surface area contributed by atoms with Gasteiger partial charge in [-0.2, -0.15) is 0 Å². The van der Waals surface area contributed by atoms with E-state index in [0.717, 1.165) is 42.9 Å². The lowest BCUT2D eigenvalue weighted by atomic mass is 9.97. The van der Waals surface area contributed by atoms with Crippen molar-refractivity contribution in [2.24, 2.45) is 5.92 Å². The van der Waals surface area contributed by atoms with Crippen LogP contribution in [-0.2, 0) is 11.4 Å². The van der Waals surface area contributed by atoms with Crippen molar-refractivity contribution in [2.75, 3.05) is 18.4 Å². The van der Waals surface area contributed by atoms with Gasteiger partial charge in [-0.05, 0) is 55.8 Å². The van der Waals surface area contributed by atoms with Crippen LogP contribution in [0.3, 0.4) is 0 Å². The zero-order chi connectivity index (χ0) is 16.8. The van der Waals surface area contributed by atoms with Gasteiger partial charge in [-0.3, -0.25) is 4.79 Å². The van der Waals surface area contributed by atoms with Gasteiger partial charge in [-0.1, -0.05) is 29.8 Å². The molecule has 1 amide bonds. The minimum atomic E-state index is 0.0879. The van der Waals surface area contributed by atoms with Crippen molar-refractivity contribution in [3.05, 3.63) is 59.1 Å². The van der Waals surface area contributed by atoms with E-state index in [-0.39, 0.29) is 11.8 Å². The summed E-state index contributed by atoms with van der Waals surface area (Å²) in [6.07, 6.45) is 1.77. The Labute approximate surface area is 147 Å². The molecular weight excluding hydrogens is 324 g/mol. The number of carbonyl (C=O) groups is 1. The lowest BCUT2D eigenvalue weighted by Gasteiger charge is -2.21. The molecule has 2 N–H and O–H groups in total. The SMILES string of the molecule is O=C(Nc1cccc(OCc2ccc(Cl)cc2)c1)C1CCNCC1. The van der Waals surface area contributed by atoms with Crippen molar-refractivity contribution in [3.8, 4) is 5.75 Å². The zero-order valence-electron chi connectivity index (χ0n) is 13.4. The van der Waals surface area contributed by atoms with Crippen LogP contribution < -0.4 is 15.4 Å². The monoisotopic (exact) mass is 344 g/mol. The molecule has 4 nitrogen and oxygen atoms in total. The van der Waals surface area contributed by atoms with Gasteiger partial charge >= 0.3 is 0 Å². The van der Waals surface area contributed by atoms with Gasteiger partial charge in [-0.25, -0.2) is 0 Å². The third-order valence-corrected chi connectivity index (χ3v) is 4.38. The molecule has 126 valence electrons. The fraction of sp³-hybridized carbons (Fsp3) is 0.316. The minimum absolute atomic E-state index is 0.0879. The minimum Gasteiger partial charge on any atom is -0.489 e. The Kier molecular flexibility index (Phi) is 5.72. The lowest BCUT2D eigenvalue weighted by molar-refractivity contribution is -0.120. The topological polar surface area (TPSA) is 50.4 Å². The maximum atomic E-state index is 12.3. The number of ether oxygens (including phenoxy) is 1. The quantitative estimate of drug-likeness (QED) is 0.866. The summed E-state index contributed by atoms with van der Waals surface area (Å²) in [5.74, 6) is 0.907. The number of nitrogens with one attached hydrogen (secondary N) is 2. The molecule has 0 aromatic heterocycles. The van der Waals surface area contributed by atoms with Gasteiger partial charge in [0.15, 0.2) is 0 Å². The molecule has 0 spiro atoms. The Morgan fingerprint density at radius 3 is 2.67 bits per heavy atom. The van der Waals surface area contributed by atoms with Crippen LogP contribution >= 0.6 is 11.6 Å². The average molecular weight is 345 g/mol. The van der Waals surface area contributed by atoms with Crippen LogP contribution in [0.4, 0.5) is 5.69 Å². The number of halogens is 1. The first-order valence-corrected chi connectivity index (χ1v) is 8.57. The van der Waals surface area contributed by atoms with E-state index in [0.29, 0.717) is 11.6 Å². The Morgan fingerprint density at radius 1 is 1.17 bits per heavy atom. The molecule has 5 heteroatoms. The second-order valence-electron chi connectivity index (χ2n) is 5.96. The first-order chi connectivity index (χ1) is 11.7. The van der Waals surface area contributed by atoms with E-state index in [4.69, 9.17) is 16.3 Å². The summed E-state index contributed by atoms with van der Waals surface area (Å²) in [5, 5.41) is 6.97. The number of hydrogen-bond acceptors (Lipinski definition) is 3. The van der Waals surface area contributed by atoms with Crippen molar-refractivity contribution < 1.29 is 9.53 Å². The fourth-order valence-corrected chi connectivity index (χ4v) is 2.87. The molecule has 0 aliphatic carbocycles. The van der Waals surface area contributed by atoms with Crippen molar-refractivity contribution >= 4 is 23.2 Å².